The summed E-state index contributed by atoms with van der Waals surface area (Å²) in [5.41, 5.74) is 10.0. The Bertz CT molecular complexity index is 712. The highest BCUT2D eigenvalue weighted by atomic mass is 79.9. The van der Waals surface area contributed by atoms with Gasteiger partial charge in [0.15, 0.2) is 0 Å². The lowest BCUT2D eigenvalue weighted by Crippen LogP contribution is -2.12. The smallest absolute Gasteiger partial charge is 0.0566 e. The van der Waals surface area contributed by atoms with Crippen molar-refractivity contribution in [3.8, 4) is 0 Å². The minimum Gasteiger partial charge on any atom is -0.320 e. The first-order chi connectivity index (χ1) is 9.15. The zero-order valence-corrected chi connectivity index (χ0v) is 13.0. The highest BCUT2D eigenvalue weighted by Crippen LogP contribution is 2.32. The summed E-state index contributed by atoms with van der Waals surface area (Å²) in [6.45, 7) is 2.09. The number of hydrogen-bond acceptors (Lipinski definition) is 2. The molecule has 0 aliphatic carbocycles. The van der Waals surface area contributed by atoms with Crippen molar-refractivity contribution < 1.29 is 0 Å². The summed E-state index contributed by atoms with van der Waals surface area (Å²) in [6.07, 6.45) is 0. The van der Waals surface area contributed by atoms with Crippen LogP contribution in [0.5, 0.6) is 0 Å². The average molecular weight is 332 g/mol. The molecule has 1 atom stereocenters. The summed E-state index contributed by atoms with van der Waals surface area (Å²) >= 11 is 5.30. The van der Waals surface area contributed by atoms with Crippen molar-refractivity contribution in [3.63, 3.8) is 0 Å². The third-order valence-corrected chi connectivity index (χ3v) is 4.71. The van der Waals surface area contributed by atoms with Gasteiger partial charge in [0.2, 0.25) is 0 Å². The maximum Gasteiger partial charge on any atom is 0.0566 e. The van der Waals surface area contributed by atoms with Crippen LogP contribution in [0.2, 0.25) is 0 Å². The predicted molar refractivity (Wildman–Crippen MR) is 86.7 cm³/mol. The summed E-state index contributed by atoms with van der Waals surface area (Å²) < 4.78 is 2.36. The molecule has 0 saturated heterocycles. The summed E-state index contributed by atoms with van der Waals surface area (Å²) in [5, 5.41) is 3.39. The Morgan fingerprint density at radius 2 is 2.00 bits per heavy atom. The molecular formula is C16H14BrNS. The van der Waals surface area contributed by atoms with E-state index in [1.54, 1.807) is 11.3 Å². The molecule has 1 aromatic heterocycles. The summed E-state index contributed by atoms with van der Waals surface area (Å²) in [4.78, 5) is 0. The van der Waals surface area contributed by atoms with Gasteiger partial charge in [0, 0.05) is 9.17 Å². The second-order valence-electron chi connectivity index (χ2n) is 4.73. The van der Waals surface area contributed by atoms with E-state index in [9.17, 15) is 0 Å². The molecule has 19 heavy (non-hydrogen) atoms. The number of rotatable bonds is 2. The van der Waals surface area contributed by atoms with Crippen LogP contribution in [0.4, 0.5) is 0 Å². The standard InChI is InChI=1S/C16H14BrNS/c1-10-7-12(9-13(17)8-10)15(18)14-4-2-3-11-5-6-19-16(11)14/h2-9,15H,18H2,1H3. The number of hydrogen-bond donors (Lipinski definition) is 1. The van der Waals surface area contributed by atoms with Crippen molar-refractivity contribution in [3.05, 3.63) is 69.0 Å². The number of fused-ring (bicyclic) bond motifs is 1. The van der Waals surface area contributed by atoms with E-state index < -0.39 is 0 Å². The molecule has 0 bridgehead atoms. The van der Waals surface area contributed by atoms with Crippen LogP contribution in [0.1, 0.15) is 22.7 Å². The summed E-state index contributed by atoms with van der Waals surface area (Å²) in [6, 6.07) is 14.7. The van der Waals surface area contributed by atoms with Gasteiger partial charge >= 0.3 is 0 Å². The zero-order chi connectivity index (χ0) is 13.4. The van der Waals surface area contributed by atoms with Gasteiger partial charge in [-0.15, -0.1) is 11.3 Å². The van der Waals surface area contributed by atoms with Crippen molar-refractivity contribution in [2.45, 2.75) is 13.0 Å². The Morgan fingerprint density at radius 3 is 2.79 bits per heavy atom. The van der Waals surface area contributed by atoms with Gasteiger partial charge in [-0.3, -0.25) is 0 Å². The van der Waals surface area contributed by atoms with Crippen LogP contribution in [0.15, 0.2) is 52.3 Å². The molecule has 3 heteroatoms. The Hall–Kier alpha value is -1.16. The van der Waals surface area contributed by atoms with Gasteiger partial charge < -0.3 is 5.73 Å². The van der Waals surface area contributed by atoms with Crippen molar-refractivity contribution in [1.82, 2.24) is 0 Å². The molecule has 2 aromatic carbocycles. The largest absolute Gasteiger partial charge is 0.320 e. The van der Waals surface area contributed by atoms with Gasteiger partial charge in [-0.25, -0.2) is 0 Å². The van der Waals surface area contributed by atoms with Crippen LogP contribution >= 0.6 is 27.3 Å². The van der Waals surface area contributed by atoms with Gasteiger partial charge in [0.05, 0.1) is 6.04 Å². The van der Waals surface area contributed by atoms with Crippen molar-refractivity contribution >= 4 is 37.4 Å². The van der Waals surface area contributed by atoms with E-state index in [1.165, 1.54) is 21.2 Å². The first-order valence-corrected chi connectivity index (χ1v) is 7.81. The maximum absolute atomic E-state index is 6.47. The molecule has 1 heterocycles. The molecule has 96 valence electrons. The molecular weight excluding hydrogens is 318 g/mol. The minimum atomic E-state index is -0.0847. The lowest BCUT2D eigenvalue weighted by molar-refractivity contribution is 0.879. The van der Waals surface area contributed by atoms with E-state index >= 15 is 0 Å². The normalized spacial score (nSPS) is 12.8. The fourth-order valence-electron chi connectivity index (χ4n) is 2.38. The molecule has 3 aromatic rings. The Balaban J connectivity index is 2.13. The second-order valence-corrected chi connectivity index (χ2v) is 6.56. The van der Waals surface area contributed by atoms with Crippen molar-refractivity contribution in [2.75, 3.05) is 0 Å². The number of nitrogens with two attached hydrogens (primary N) is 1. The van der Waals surface area contributed by atoms with E-state index in [0.29, 0.717) is 0 Å². The van der Waals surface area contributed by atoms with E-state index in [0.717, 1.165) is 10.0 Å². The first-order valence-electron chi connectivity index (χ1n) is 6.14. The lowest BCUT2D eigenvalue weighted by atomic mass is 9.97. The minimum absolute atomic E-state index is 0.0847. The predicted octanol–water partition coefficient (Wildman–Crippen LogP) is 5.02. The number of halogens is 1. The second kappa shape index (κ2) is 5.08. The molecule has 1 unspecified atom stereocenters. The number of aryl methyl sites for hydroxylation is 1. The van der Waals surface area contributed by atoms with Crippen LogP contribution < -0.4 is 5.73 Å². The molecule has 0 aliphatic rings. The van der Waals surface area contributed by atoms with E-state index in [-0.39, 0.29) is 6.04 Å². The first kappa shape index (κ1) is 12.9. The topological polar surface area (TPSA) is 26.0 Å². The van der Waals surface area contributed by atoms with Gasteiger partial charge in [-0.2, -0.15) is 0 Å². The molecule has 1 nitrogen and oxygen atoms in total. The SMILES string of the molecule is Cc1cc(Br)cc(C(N)c2cccc3ccsc23)c1. The monoisotopic (exact) mass is 331 g/mol. The highest BCUT2D eigenvalue weighted by molar-refractivity contribution is 9.10. The van der Waals surface area contributed by atoms with Crippen LogP contribution in [0, 0.1) is 6.92 Å². The third-order valence-electron chi connectivity index (χ3n) is 3.27. The van der Waals surface area contributed by atoms with Crippen LogP contribution in [-0.2, 0) is 0 Å². The Kier molecular flexibility index (Phi) is 3.44. The van der Waals surface area contributed by atoms with E-state index in [4.69, 9.17) is 5.73 Å². The van der Waals surface area contributed by atoms with Gasteiger partial charge in [0.1, 0.15) is 0 Å². The van der Waals surface area contributed by atoms with Gasteiger partial charge in [-0.1, -0.05) is 40.2 Å². The quantitative estimate of drug-likeness (QED) is 0.700. The summed E-state index contributed by atoms with van der Waals surface area (Å²) in [7, 11) is 0. The fourth-order valence-corrected chi connectivity index (χ4v) is 3.96. The molecule has 0 radical (unpaired) electrons. The lowest BCUT2D eigenvalue weighted by Gasteiger charge is -2.15. The Morgan fingerprint density at radius 1 is 1.16 bits per heavy atom. The van der Waals surface area contributed by atoms with Crippen LogP contribution in [-0.4, -0.2) is 0 Å². The maximum atomic E-state index is 6.47. The molecule has 2 N–H and O–H groups in total. The van der Waals surface area contributed by atoms with E-state index in [2.05, 4.69) is 70.7 Å². The molecule has 0 aliphatic heterocycles. The number of thiophene rings is 1. The van der Waals surface area contributed by atoms with Gasteiger partial charge in [0.25, 0.3) is 0 Å². The van der Waals surface area contributed by atoms with E-state index in [1.807, 2.05) is 0 Å². The molecule has 0 saturated carbocycles. The van der Waals surface area contributed by atoms with Crippen LogP contribution in [0.3, 0.4) is 0 Å². The fraction of sp³-hybridized carbons (Fsp3) is 0.125. The van der Waals surface area contributed by atoms with Crippen molar-refractivity contribution in [1.29, 1.82) is 0 Å². The van der Waals surface area contributed by atoms with Crippen molar-refractivity contribution in [2.24, 2.45) is 5.73 Å². The van der Waals surface area contributed by atoms with Crippen LogP contribution in [0.25, 0.3) is 10.1 Å². The highest BCUT2D eigenvalue weighted by Gasteiger charge is 2.13. The molecule has 3 rings (SSSR count). The molecule has 0 amide bonds. The summed E-state index contributed by atoms with van der Waals surface area (Å²) in [5.74, 6) is 0. The molecule has 0 fully saturated rings. The average Bonchev–Trinajstić information content (AvgIpc) is 2.84. The van der Waals surface area contributed by atoms with Gasteiger partial charge in [-0.05, 0) is 52.6 Å². The zero-order valence-electron chi connectivity index (χ0n) is 10.6. The Labute approximate surface area is 125 Å². The number of benzene rings is 2. The molecule has 0 spiro atoms. The third kappa shape index (κ3) is 2.46.